The van der Waals surface area contributed by atoms with Crippen LogP contribution in [0.15, 0.2) is 0 Å². The summed E-state index contributed by atoms with van der Waals surface area (Å²) in [5, 5.41) is 5.43. The van der Waals surface area contributed by atoms with Crippen molar-refractivity contribution >= 4 is 11.8 Å². The van der Waals surface area contributed by atoms with E-state index in [-0.39, 0.29) is 36.4 Å². The zero-order chi connectivity index (χ0) is 13.7. The van der Waals surface area contributed by atoms with Crippen molar-refractivity contribution in [2.24, 2.45) is 17.6 Å². The normalized spacial score (nSPS) is 27.9. The average Bonchev–Trinajstić information content (AvgIpc) is 2.23. The molecule has 0 spiro atoms. The van der Waals surface area contributed by atoms with Gasteiger partial charge in [-0.1, -0.05) is 6.92 Å². The zero-order valence-corrected chi connectivity index (χ0v) is 11.5. The van der Waals surface area contributed by atoms with Crippen molar-refractivity contribution < 1.29 is 9.59 Å². The van der Waals surface area contributed by atoms with Crippen LogP contribution in [0.3, 0.4) is 0 Å². The molecule has 4 N–H and O–H groups in total. The van der Waals surface area contributed by atoms with Gasteiger partial charge >= 0.3 is 0 Å². The Morgan fingerprint density at radius 1 is 1.28 bits per heavy atom. The molecule has 18 heavy (non-hydrogen) atoms. The molecule has 5 nitrogen and oxygen atoms in total. The lowest BCUT2D eigenvalue weighted by Crippen LogP contribution is -2.44. The molecular weight excluding hydrogens is 230 g/mol. The van der Waals surface area contributed by atoms with E-state index in [1.165, 1.54) is 0 Å². The van der Waals surface area contributed by atoms with Crippen molar-refractivity contribution in [3.63, 3.8) is 0 Å². The van der Waals surface area contributed by atoms with E-state index >= 15 is 0 Å². The molecule has 0 radical (unpaired) electrons. The smallest absolute Gasteiger partial charge is 0.239 e. The van der Waals surface area contributed by atoms with Gasteiger partial charge in [-0.3, -0.25) is 9.59 Å². The number of carbonyl (C=O) groups excluding carboxylic acids is 2. The summed E-state index contributed by atoms with van der Waals surface area (Å²) < 4.78 is 0. The molecule has 104 valence electrons. The van der Waals surface area contributed by atoms with Crippen LogP contribution in [-0.2, 0) is 9.59 Å². The Hall–Kier alpha value is -1.10. The molecule has 0 aliphatic heterocycles. The molecule has 0 aromatic rings. The predicted molar refractivity (Wildman–Crippen MR) is 70.8 cm³/mol. The first-order valence-electron chi connectivity index (χ1n) is 6.71. The average molecular weight is 255 g/mol. The summed E-state index contributed by atoms with van der Waals surface area (Å²) in [6.07, 6.45) is 2.57. The Bertz CT molecular complexity index is 295. The maximum absolute atomic E-state index is 11.9. The molecule has 0 aromatic carbocycles. The molecule has 1 saturated carbocycles. The third kappa shape index (κ3) is 5.04. The second kappa shape index (κ2) is 6.73. The molecule has 0 saturated heterocycles. The Kier molecular flexibility index (Phi) is 5.59. The fraction of sp³-hybridized carbons (Fsp3) is 0.846. The maximum Gasteiger partial charge on any atom is 0.239 e. The van der Waals surface area contributed by atoms with E-state index in [0.29, 0.717) is 5.92 Å². The first-order valence-corrected chi connectivity index (χ1v) is 6.71. The fourth-order valence-corrected chi connectivity index (χ4v) is 2.56. The van der Waals surface area contributed by atoms with Gasteiger partial charge in [0.2, 0.25) is 11.8 Å². The number of amides is 2. The highest BCUT2D eigenvalue weighted by Crippen LogP contribution is 2.27. The molecule has 1 rings (SSSR count). The van der Waals surface area contributed by atoms with Crippen LogP contribution in [-0.4, -0.2) is 30.4 Å². The van der Waals surface area contributed by atoms with E-state index in [0.717, 1.165) is 19.3 Å². The van der Waals surface area contributed by atoms with Gasteiger partial charge in [-0.25, -0.2) is 0 Å². The van der Waals surface area contributed by atoms with Crippen molar-refractivity contribution in [1.29, 1.82) is 0 Å². The standard InChI is InChI=1S/C13H25N3O2/c1-8(2)16-12(17)7-15-13(18)10-4-9(3)5-11(14)6-10/h8-11H,4-7,14H2,1-3H3,(H,15,18)(H,16,17). The van der Waals surface area contributed by atoms with Crippen LogP contribution in [0.4, 0.5) is 0 Å². The minimum absolute atomic E-state index is 0.0455. The highest BCUT2D eigenvalue weighted by molar-refractivity contribution is 5.85. The molecule has 0 bridgehead atoms. The molecule has 1 aliphatic rings. The van der Waals surface area contributed by atoms with Crippen molar-refractivity contribution in [3.05, 3.63) is 0 Å². The van der Waals surface area contributed by atoms with Gasteiger partial charge in [0.05, 0.1) is 6.54 Å². The summed E-state index contributed by atoms with van der Waals surface area (Å²) in [5.41, 5.74) is 5.92. The third-order valence-corrected chi connectivity index (χ3v) is 3.22. The molecule has 5 heteroatoms. The van der Waals surface area contributed by atoms with Crippen LogP contribution in [0.5, 0.6) is 0 Å². The van der Waals surface area contributed by atoms with Crippen molar-refractivity contribution in [2.75, 3.05) is 6.54 Å². The van der Waals surface area contributed by atoms with E-state index < -0.39 is 0 Å². The molecule has 0 aromatic heterocycles. The second-order valence-corrected chi connectivity index (χ2v) is 5.71. The monoisotopic (exact) mass is 255 g/mol. The zero-order valence-electron chi connectivity index (χ0n) is 11.5. The van der Waals surface area contributed by atoms with Crippen molar-refractivity contribution in [2.45, 2.75) is 52.1 Å². The number of hydrogen-bond acceptors (Lipinski definition) is 3. The third-order valence-electron chi connectivity index (χ3n) is 3.22. The van der Waals surface area contributed by atoms with Crippen LogP contribution >= 0.6 is 0 Å². The molecular formula is C13H25N3O2. The highest BCUT2D eigenvalue weighted by atomic mass is 16.2. The lowest BCUT2D eigenvalue weighted by molar-refractivity contribution is -0.129. The number of rotatable bonds is 4. The Morgan fingerprint density at radius 3 is 2.50 bits per heavy atom. The minimum Gasteiger partial charge on any atom is -0.352 e. The Morgan fingerprint density at radius 2 is 1.94 bits per heavy atom. The SMILES string of the molecule is CC1CC(N)CC(C(=O)NCC(=O)NC(C)C)C1. The van der Waals surface area contributed by atoms with E-state index in [9.17, 15) is 9.59 Å². The first kappa shape index (κ1) is 15.0. The minimum atomic E-state index is -0.147. The lowest BCUT2D eigenvalue weighted by atomic mass is 9.79. The molecule has 3 unspecified atom stereocenters. The second-order valence-electron chi connectivity index (χ2n) is 5.71. The number of nitrogens with two attached hydrogens (primary N) is 1. The fourth-order valence-electron chi connectivity index (χ4n) is 2.56. The van der Waals surface area contributed by atoms with E-state index in [1.54, 1.807) is 0 Å². The largest absolute Gasteiger partial charge is 0.352 e. The quantitative estimate of drug-likeness (QED) is 0.679. The van der Waals surface area contributed by atoms with Crippen LogP contribution in [0.1, 0.15) is 40.0 Å². The van der Waals surface area contributed by atoms with E-state index in [2.05, 4.69) is 17.6 Å². The Labute approximate surface area is 109 Å². The molecule has 0 heterocycles. The van der Waals surface area contributed by atoms with Gasteiger partial charge in [-0.05, 0) is 39.0 Å². The van der Waals surface area contributed by atoms with Crippen LogP contribution in [0, 0.1) is 11.8 Å². The number of nitrogens with one attached hydrogen (secondary N) is 2. The summed E-state index contributed by atoms with van der Waals surface area (Å²) in [4.78, 5) is 23.4. The van der Waals surface area contributed by atoms with Gasteiger partial charge in [0.1, 0.15) is 0 Å². The molecule has 1 aliphatic carbocycles. The van der Waals surface area contributed by atoms with Gasteiger partial charge < -0.3 is 16.4 Å². The van der Waals surface area contributed by atoms with Gasteiger partial charge in [0, 0.05) is 18.0 Å². The summed E-state index contributed by atoms with van der Waals surface area (Å²) in [7, 11) is 0. The van der Waals surface area contributed by atoms with E-state index in [1.807, 2.05) is 13.8 Å². The van der Waals surface area contributed by atoms with Gasteiger partial charge in [0.15, 0.2) is 0 Å². The molecule has 1 fully saturated rings. The predicted octanol–water partition coefficient (Wildman–Crippen LogP) is 0.391. The van der Waals surface area contributed by atoms with Gasteiger partial charge in [-0.2, -0.15) is 0 Å². The summed E-state index contributed by atoms with van der Waals surface area (Å²) in [5.74, 6) is 0.243. The van der Waals surface area contributed by atoms with Crippen molar-refractivity contribution in [3.8, 4) is 0 Å². The van der Waals surface area contributed by atoms with Crippen LogP contribution in [0.25, 0.3) is 0 Å². The van der Waals surface area contributed by atoms with Gasteiger partial charge in [0.25, 0.3) is 0 Å². The van der Waals surface area contributed by atoms with Crippen LogP contribution in [0.2, 0.25) is 0 Å². The molecule has 2 amide bonds. The lowest BCUT2D eigenvalue weighted by Gasteiger charge is -2.30. The molecule has 3 atom stereocenters. The number of carbonyl (C=O) groups is 2. The Balaban J connectivity index is 2.34. The number of hydrogen-bond donors (Lipinski definition) is 3. The summed E-state index contributed by atoms with van der Waals surface area (Å²) >= 11 is 0. The first-order chi connectivity index (χ1) is 8.38. The topological polar surface area (TPSA) is 84.2 Å². The van der Waals surface area contributed by atoms with Crippen molar-refractivity contribution in [1.82, 2.24) is 10.6 Å². The highest BCUT2D eigenvalue weighted by Gasteiger charge is 2.29. The maximum atomic E-state index is 11.9. The van der Waals surface area contributed by atoms with Gasteiger partial charge in [-0.15, -0.1) is 0 Å². The van der Waals surface area contributed by atoms with Crippen LogP contribution < -0.4 is 16.4 Å². The van der Waals surface area contributed by atoms with E-state index in [4.69, 9.17) is 5.73 Å². The summed E-state index contributed by atoms with van der Waals surface area (Å²) in [6.45, 7) is 5.95. The summed E-state index contributed by atoms with van der Waals surface area (Å²) in [6, 6.07) is 0.200.